The molecule has 0 aromatic heterocycles. The molecule has 1 unspecified atom stereocenters. The molecule has 0 spiro atoms. The molecule has 0 aliphatic carbocycles. The Labute approximate surface area is 151 Å². The Bertz CT molecular complexity index is 787. The Kier molecular flexibility index (Phi) is 4.99. The molecule has 0 saturated carbocycles. The largest absolute Gasteiger partial charge is 0.497 e. The van der Waals surface area contributed by atoms with Crippen molar-refractivity contribution in [3.05, 3.63) is 59.7 Å². The molecular formula is C19H21N3O2S. The maximum atomic E-state index is 12.4. The number of nitrogens with zero attached hydrogens (tertiary/aromatic N) is 1. The van der Waals surface area contributed by atoms with Gasteiger partial charge in [0.1, 0.15) is 5.75 Å². The lowest BCUT2D eigenvalue weighted by Gasteiger charge is -2.29. The second-order valence-electron chi connectivity index (χ2n) is 6.08. The summed E-state index contributed by atoms with van der Waals surface area (Å²) < 4.78 is 5.11. The highest BCUT2D eigenvalue weighted by molar-refractivity contribution is 8.13. The molecule has 1 heterocycles. The van der Waals surface area contributed by atoms with Crippen LogP contribution in [0.5, 0.6) is 5.75 Å². The number of anilines is 1. The molecule has 2 aromatic rings. The van der Waals surface area contributed by atoms with Crippen LogP contribution in [0.3, 0.4) is 0 Å². The number of hydrogen-bond donors (Lipinski definition) is 2. The monoisotopic (exact) mass is 355 g/mol. The van der Waals surface area contributed by atoms with Gasteiger partial charge in [0.05, 0.1) is 12.6 Å². The van der Waals surface area contributed by atoms with Gasteiger partial charge in [-0.3, -0.25) is 9.79 Å². The standard InChI is InChI=1S/C19H21N3O2S/c1-19(11-12-25-18(20)22-19)14-5-3-13(4-6-14)17(23)21-15-7-9-16(24-2)10-8-15/h3-10H,11-12H2,1-2H3,(H2,20,22)(H,21,23). The second-order valence-corrected chi connectivity index (χ2v) is 7.20. The maximum Gasteiger partial charge on any atom is 0.255 e. The average Bonchev–Trinajstić information content (AvgIpc) is 2.62. The number of carbonyl (C=O) groups excluding carboxylic acids is 1. The van der Waals surface area contributed by atoms with E-state index >= 15 is 0 Å². The molecule has 130 valence electrons. The molecule has 0 saturated heterocycles. The normalized spacial score (nSPS) is 19.8. The van der Waals surface area contributed by atoms with Crippen LogP contribution in [0.4, 0.5) is 5.69 Å². The molecular weight excluding hydrogens is 334 g/mol. The van der Waals surface area contributed by atoms with E-state index in [-0.39, 0.29) is 11.4 Å². The predicted octanol–water partition coefficient (Wildman–Crippen LogP) is 3.61. The lowest BCUT2D eigenvalue weighted by molar-refractivity contribution is 0.102. The minimum atomic E-state index is -0.319. The van der Waals surface area contributed by atoms with Gasteiger partial charge in [0, 0.05) is 17.0 Å². The quantitative estimate of drug-likeness (QED) is 0.878. The summed E-state index contributed by atoms with van der Waals surface area (Å²) in [6.45, 7) is 2.08. The van der Waals surface area contributed by atoms with E-state index in [1.807, 2.05) is 48.5 Å². The van der Waals surface area contributed by atoms with Gasteiger partial charge in [0.2, 0.25) is 0 Å². The first kappa shape index (κ1) is 17.4. The molecule has 1 aliphatic rings. The number of ether oxygens (including phenoxy) is 1. The third-order valence-corrected chi connectivity index (χ3v) is 5.11. The summed E-state index contributed by atoms with van der Waals surface area (Å²) in [6, 6.07) is 14.8. The summed E-state index contributed by atoms with van der Waals surface area (Å²) in [6.07, 6.45) is 0.926. The van der Waals surface area contributed by atoms with Crippen LogP contribution < -0.4 is 15.8 Å². The third kappa shape index (κ3) is 3.96. The molecule has 3 N–H and O–H groups in total. The molecule has 3 rings (SSSR count). The first-order valence-electron chi connectivity index (χ1n) is 8.04. The van der Waals surface area contributed by atoms with Crippen LogP contribution >= 0.6 is 11.8 Å². The number of aliphatic imine (C=N–C) groups is 1. The average molecular weight is 355 g/mol. The van der Waals surface area contributed by atoms with E-state index in [2.05, 4.69) is 17.2 Å². The fourth-order valence-electron chi connectivity index (χ4n) is 2.75. The van der Waals surface area contributed by atoms with E-state index in [1.165, 1.54) is 0 Å². The van der Waals surface area contributed by atoms with Crippen LogP contribution in [0.25, 0.3) is 0 Å². The number of thioether (sulfide) groups is 1. The minimum absolute atomic E-state index is 0.149. The molecule has 5 nitrogen and oxygen atoms in total. The van der Waals surface area contributed by atoms with E-state index in [1.54, 1.807) is 18.9 Å². The van der Waals surface area contributed by atoms with Gasteiger partial charge in [0.25, 0.3) is 5.91 Å². The van der Waals surface area contributed by atoms with Crippen molar-refractivity contribution in [3.63, 3.8) is 0 Å². The van der Waals surface area contributed by atoms with Gasteiger partial charge in [-0.15, -0.1) is 0 Å². The highest BCUT2D eigenvalue weighted by atomic mass is 32.2. The highest BCUT2D eigenvalue weighted by Crippen LogP contribution is 2.35. The minimum Gasteiger partial charge on any atom is -0.497 e. The second kappa shape index (κ2) is 7.19. The Morgan fingerprint density at radius 1 is 1.20 bits per heavy atom. The zero-order chi connectivity index (χ0) is 17.9. The van der Waals surface area contributed by atoms with Crippen LogP contribution in [0.1, 0.15) is 29.3 Å². The first-order chi connectivity index (χ1) is 12.0. The zero-order valence-corrected chi connectivity index (χ0v) is 15.1. The predicted molar refractivity (Wildman–Crippen MR) is 103 cm³/mol. The van der Waals surface area contributed by atoms with E-state index in [4.69, 9.17) is 10.5 Å². The van der Waals surface area contributed by atoms with Gasteiger partial charge in [-0.2, -0.15) is 0 Å². The van der Waals surface area contributed by atoms with Crippen molar-refractivity contribution >= 4 is 28.5 Å². The molecule has 0 radical (unpaired) electrons. The maximum absolute atomic E-state index is 12.4. The van der Waals surface area contributed by atoms with Gasteiger partial charge in [-0.25, -0.2) is 0 Å². The van der Waals surface area contributed by atoms with E-state index in [0.717, 1.165) is 29.2 Å². The number of nitrogens with one attached hydrogen (secondary N) is 1. The fraction of sp³-hybridized carbons (Fsp3) is 0.263. The Hall–Kier alpha value is -2.47. The smallest absolute Gasteiger partial charge is 0.255 e. The lowest BCUT2D eigenvalue weighted by Crippen LogP contribution is -2.28. The van der Waals surface area contributed by atoms with Gasteiger partial charge in [0.15, 0.2) is 5.17 Å². The lowest BCUT2D eigenvalue weighted by atomic mass is 9.89. The van der Waals surface area contributed by atoms with Crippen LogP contribution in [-0.4, -0.2) is 23.9 Å². The van der Waals surface area contributed by atoms with Gasteiger partial charge < -0.3 is 15.8 Å². The summed E-state index contributed by atoms with van der Waals surface area (Å²) >= 11 is 1.58. The molecule has 0 fully saturated rings. The van der Waals surface area contributed by atoms with Gasteiger partial charge in [-0.1, -0.05) is 23.9 Å². The van der Waals surface area contributed by atoms with E-state index in [0.29, 0.717) is 10.7 Å². The number of benzene rings is 2. The van der Waals surface area contributed by atoms with Crippen molar-refractivity contribution in [2.75, 3.05) is 18.2 Å². The van der Waals surface area contributed by atoms with Crippen molar-refractivity contribution in [2.24, 2.45) is 10.7 Å². The van der Waals surface area contributed by atoms with Gasteiger partial charge >= 0.3 is 0 Å². The number of carbonyl (C=O) groups is 1. The Morgan fingerprint density at radius 3 is 2.48 bits per heavy atom. The third-order valence-electron chi connectivity index (χ3n) is 4.31. The van der Waals surface area contributed by atoms with Crippen molar-refractivity contribution < 1.29 is 9.53 Å². The number of rotatable bonds is 4. The van der Waals surface area contributed by atoms with Gasteiger partial charge in [-0.05, 0) is 55.3 Å². The van der Waals surface area contributed by atoms with Crippen LogP contribution in [0.2, 0.25) is 0 Å². The summed E-state index contributed by atoms with van der Waals surface area (Å²) in [4.78, 5) is 17.0. The topological polar surface area (TPSA) is 76.7 Å². The number of amides is 1. The molecule has 6 heteroatoms. The van der Waals surface area contributed by atoms with Crippen LogP contribution in [0, 0.1) is 0 Å². The Morgan fingerprint density at radius 2 is 1.88 bits per heavy atom. The van der Waals surface area contributed by atoms with E-state index < -0.39 is 0 Å². The van der Waals surface area contributed by atoms with Crippen molar-refractivity contribution in [1.82, 2.24) is 0 Å². The zero-order valence-electron chi connectivity index (χ0n) is 14.3. The summed E-state index contributed by atoms with van der Waals surface area (Å²) in [5, 5.41) is 3.50. The first-order valence-corrected chi connectivity index (χ1v) is 9.03. The van der Waals surface area contributed by atoms with Crippen molar-refractivity contribution in [1.29, 1.82) is 0 Å². The molecule has 1 aliphatic heterocycles. The number of nitrogens with two attached hydrogens (primary N) is 1. The molecule has 1 amide bonds. The molecule has 2 aromatic carbocycles. The summed E-state index contributed by atoms with van der Waals surface area (Å²) in [5.41, 5.74) is 7.95. The van der Waals surface area contributed by atoms with Crippen LogP contribution in [-0.2, 0) is 5.54 Å². The number of hydrogen-bond acceptors (Lipinski definition) is 5. The molecule has 0 bridgehead atoms. The summed E-state index contributed by atoms with van der Waals surface area (Å²) in [7, 11) is 1.61. The van der Waals surface area contributed by atoms with E-state index in [9.17, 15) is 4.79 Å². The SMILES string of the molecule is COc1ccc(NC(=O)c2ccc(C3(C)CCSC(N)=N3)cc2)cc1. The van der Waals surface area contributed by atoms with Crippen molar-refractivity contribution in [2.45, 2.75) is 18.9 Å². The van der Waals surface area contributed by atoms with Crippen molar-refractivity contribution in [3.8, 4) is 5.75 Å². The number of amidine groups is 1. The Balaban J connectivity index is 1.73. The summed E-state index contributed by atoms with van der Waals surface area (Å²) in [5.74, 6) is 1.55. The number of methoxy groups -OCH3 is 1. The molecule has 1 atom stereocenters. The molecule has 25 heavy (non-hydrogen) atoms. The van der Waals surface area contributed by atoms with Crippen LogP contribution in [0.15, 0.2) is 53.5 Å². The highest BCUT2D eigenvalue weighted by Gasteiger charge is 2.29. The fourth-order valence-corrected chi connectivity index (χ4v) is 3.73.